The first kappa shape index (κ1) is 14.7. The van der Waals surface area contributed by atoms with Crippen LogP contribution in [0.3, 0.4) is 0 Å². The molecular formula is C12H5Br2F3OS. The van der Waals surface area contributed by atoms with Gasteiger partial charge in [-0.1, -0.05) is 15.9 Å². The lowest BCUT2D eigenvalue weighted by atomic mass is 10.1. The van der Waals surface area contributed by atoms with Crippen LogP contribution < -0.4 is 0 Å². The maximum atomic E-state index is 12.8. The maximum absolute atomic E-state index is 12.8. The molecule has 100 valence electrons. The van der Waals surface area contributed by atoms with Crippen molar-refractivity contribution in [3.63, 3.8) is 0 Å². The molecule has 19 heavy (non-hydrogen) atoms. The fourth-order valence-electron chi connectivity index (χ4n) is 1.46. The molecule has 0 spiro atoms. The smallest absolute Gasteiger partial charge is 0.288 e. The molecule has 0 amide bonds. The Hall–Kier alpha value is -0.660. The number of benzene rings is 1. The maximum Gasteiger partial charge on any atom is 0.417 e. The van der Waals surface area contributed by atoms with Crippen LogP contribution in [-0.2, 0) is 6.18 Å². The molecule has 0 N–H and O–H groups in total. The fraction of sp³-hybridized carbons (Fsp3) is 0.0833. The van der Waals surface area contributed by atoms with E-state index < -0.39 is 17.5 Å². The van der Waals surface area contributed by atoms with Crippen molar-refractivity contribution in [3.05, 3.63) is 54.6 Å². The van der Waals surface area contributed by atoms with Gasteiger partial charge in [0.05, 0.1) is 14.2 Å². The highest BCUT2D eigenvalue weighted by molar-refractivity contribution is 9.11. The first-order valence-corrected chi connectivity index (χ1v) is 7.36. The van der Waals surface area contributed by atoms with Crippen molar-refractivity contribution in [1.29, 1.82) is 0 Å². The van der Waals surface area contributed by atoms with Gasteiger partial charge in [0.15, 0.2) is 0 Å². The SMILES string of the molecule is O=C(c1ccc(Br)c(C(F)(F)F)c1)c1ccc(Br)s1. The minimum atomic E-state index is -4.49. The van der Waals surface area contributed by atoms with Crippen molar-refractivity contribution in [2.24, 2.45) is 0 Å². The molecule has 0 bridgehead atoms. The van der Waals surface area contributed by atoms with Crippen LogP contribution in [0.1, 0.15) is 20.8 Å². The molecule has 0 aliphatic heterocycles. The summed E-state index contributed by atoms with van der Waals surface area (Å²) in [6, 6.07) is 6.72. The summed E-state index contributed by atoms with van der Waals surface area (Å²) in [4.78, 5) is 12.4. The molecule has 0 atom stereocenters. The predicted molar refractivity (Wildman–Crippen MR) is 74.6 cm³/mol. The van der Waals surface area contributed by atoms with Crippen molar-refractivity contribution in [2.45, 2.75) is 6.18 Å². The number of carbonyl (C=O) groups excluding carboxylic acids is 1. The standard InChI is InChI=1S/C12H5Br2F3OS/c13-8-2-1-6(5-7(8)12(15,16)17)11(18)9-3-4-10(14)19-9/h1-5H. The van der Waals surface area contributed by atoms with E-state index in [9.17, 15) is 18.0 Å². The number of alkyl halides is 3. The molecule has 0 fully saturated rings. The first-order chi connectivity index (χ1) is 8.79. The van der Waals surface area contributed by atoms with Crippen LogP contribution in [0.5, 0.6) is 0 Å². The highest BCUT2D eigenvalue weighted by atomic mass is 79.9. The third kappa shape index (κ3) is 3.27. The van der Waals surface area contributed by atoms with E-state index in [0.717, 1.165) is 9.85 Å². The highest BCUT2D eigenvalue weighted by Crippen LogP contribution is 2.36. The molecule has 0 unspecified atom stereocenters. The summed E-state index contributed by atoms with van der Waals surface area (Å²) in [7, 11) is 0. The summed E-state index contributed by atoms with van der Waals surface area (Å²) in [6.07, 6.45) is -4.49. The van der Waals surface area contributed by atoms with Crippen LogP contribution in [0, 0.1) is 0 Å². The van der Waals surface area contributed by atoms with Crippen LogP contribution in [0.4, 0.5) is 13.2 Å². The van der Waals surface area contributed by atoms with E-state index in [4.69, 9.17) is 0 Å². The van der Waals surface area contributed by atoms with E-state index in [-0.39, 0.29) is 10.0 Å². The zero-order valence-corrected chi connectivity index (χ0v) is 13.1. The fourth-order valence-corrected chi connectivity index (χ4v) is 3.28. The average molecular weight is 414 g/mol. The summed E-state index contributed by atoms with van der Waals surface area (Å²) in [5.74, 6) is -0.423. The van der Waals surface area contributed by atoms with Crippen LogP contribution >= 0.6 is 43.2 Å². The van der Waals surface area contributed by atoms with Crippen LogP contribution in [0.2, 0.25) is 0 Å². The molecule has 1 aromatic heterocycles. The van der Waals surface area contributed by atoms with E-state index in [1.54, 1.807) is 12.1 Å². The van der Waals surface area contributed by atoms with Gasteiger partial charge in [0.2, 0.25) is 5.78 Å². The lowest BCUT2D eigenvalue weighted by Crippen LogP contribution is -2.08. The predicted octanol–water partition coefficient (Wildman–Crippen LogP) is 5.52. The van der Waals surface area contributed by atoms with Gasteiger partial charge in [-0.25, -0.2) is 0 Å². The summed E-state index contributed by atoms with van der Waals surface area (Å²) < 4.78 is 38.9. The Morgan fingerprint density at radius 2 is 1.79 bits per heavy atom. The average Bonchev–Trinajstić information content (AvgIpc) is 2.74. The van der Waals surface area contributed by atoms with Gasteiger partial charge in [0, 0.05) is 10.0 Å². The van der Waals surface area contributed by atoms with E-state index in [2.05, 4.69) is 31.9 Å². The summed E-state index contributed by atoms with van der Waals surface area (Å²) in [6.45, 7) is 0. The normalized spacial score (nSPS) is 11.6. The largest absolute Gasteiger partial charge is 0.417 e. The number of thiophene rings is 1. The Kier molecular flexibility index (Phi) is 4.17. The topological polar surface area (TPSA) is 17.1 Å². The van der Waals surface area contributed by atoms with Crippen molar-refractivity contribution in [2.75, 3.05) is 0 Å². The lowest BCUT2D eigenvalue weighted by Gasteiger charge is -2.10. The molecule has 0 radical (unpaired) electrons. The minimum Gasteiger partial charge on any atom is -0.288 e. The second-order valence-corrected chi connectivity index (χ2v) is 6.94. The van der Waals surface area contributed by atoms with Gasteiger partial charge in [0.25, 0.3) is 0 Å². The number of halogens is 5. The molecule has 2 rings (SSSR count). The third-order valence-corrected chi connectivity index (χ3v) is 4.64. The quantitative estimate of drug-likeness (QED) is 0.592. The van der Waals surface area contributed by atoms with Crippen molar-refractivity contribution in [1.82, 2.24) is 0 Å². The Morgan fingerprint density at radius 1 is 1.11 bits per heavy atom. The second-order valence-electron chi connectivity index (χ2n) is 3.63. The molecule has 7 heteroatoms. The Labute approximate surface area is 127 Å². The van der Waals surface area contributed by atoms with E-state index in [0.29, 0.717) is 4.88 Å². The number of rotatable bonds is 2. The van der Waals surface area contributed by atoms with Crippen LogP contribution in [0.25, 0.3) is 0 Å². The Bertz CT molecular complexity index is 634. The van der Waals surface area contributed by atoms with Gasteiger partial charge in [-0.15, -0.1) is 11.3 Å². The van der Waals surface area contributed by atoms with Gasteiger partial charge in [-0.05, 0) is 46.3 Å². The molecule has 0 aliphatic rings. The molecule has 1 heterocycles. The first-order valence-electron chi connectivity index (χ1n) is 4.96. The number of ketones is 1. The van der Waals surface area contributed by atoms with Gasteiger partial charge in [-0.2, -0.15) is 13.2 Å². The summed E-state index contributed by atoms with van der Waals surface area (Å²) in [5.41, 5.74) is -0.834. The van der Waals surface area contributed by atoms with Crippen molar-refractivity contribution >= 4 is 49.0 Å². The molecule has 1 nitrogen and oxygen atoms in total. The van der Waals surface area contributed by atoms with Gasteiger partial charge in [0.1, 0.15) is 0 Å². The van der Waals surface area contributed by atoms with E-state index in [1.807, 2.05) is 0 Å². The number of carbonyl (C=O) groups is 1. The van der Waals surface area contributed by atoms with Crippen LogP contribution in [-0.4, -0.2) is 5.78 Å². The highest BCUT2D eigenvalue weighted by Gasteiger charge is 2.33. The molecule has 2 aromatic rings. The van der Waals surface area contributed by atoms with Gasteiger partial charge < -0.3 is 0 Å². The van der Waals surface area contributed by atoms with Gasteiger partial charge >= 0.3 is 6.18 Å². The van der Waals surface area contributed by atoms with Crippen molar-refractivity contribution < 1.29 is 18.0 Å². The van der Waals surface area contributed by atoms with E-state index in [1.165, 1.54) is 23.5 Å². The lowest BCUT2D eigenvalue weighted by molar-refractivity contribution is -0.138. The molecule has 0 saturated heterocycles. The second kappa shape index (κ2) is 5.38. The zero-order chi connectivity index (χ0) is 14.2. The van der Waals surface area contributed by atoms with Gasteiger partial charge in [-0.3, -0.25) is 4.79 Å². The van der Waals surface area contributed by atoms with E-state index >= 15 is 0 Å². The molecule has 0 saturated carbocycles. The van der Waals surface area contributed by atoms with Crippen molar-refractivity contribution in [3.8, 4) is 0 Å². The molecule has 0 aliphatic carbocycles. The number of hydrogen-bond donors (Lipinski definition) is 0. The minimum absolute atomic E-state index is 0.0184. The Balaban J connectivity index is 2.44. The summed E-state index contributed by atoms with van der Waals surface area (Å²) >= 11 is 7.23. The monoisotopic (exact) mass is 412 g/mol. The van der Waals surface area contributed by atoms with Crippen LogP contribution in [0.15, 0.2) is 38.6 Å². The molecular weight excluding hydrogens is 409 g/mol. The zero-order valence-electron chi connectivity index (χ0n) is 9.09. The summed E-state index contributed by atoms with van der Waals surface area (Å²) in [5, 5.41) is 0. The third-order valence-electron chi connectivity index (χ3n) is 2.33. The number of hydrogen-bond acceptors (Lipinski definition) is 2. The Morgan fingerprint density at radius 3 is 2.32 bits per heavy atom. The molecule has 1 aromatic carbocycles.